The molecule has 0 amide bonds. The Hall–Kier alpha value is -4.31. The van der Waals surface area contributed by atoms with E-state index in [9.17, 15) is 19.5 Å². The number of ether oxygens (including phenoxy) is 4. The molecule has 0 rings (SSSR count). The van der Waals surface area contributed by atoms with Crippen LogP contribution in [-0.2, 0) is 33.3 Å². The zero-order valence-electron chi connectivity index (χ0n) is 53.3. The minimum atomic E-state index is -1.64. The number of carboxylic acid groups (broad SMARTS) is 1. The van der Waals surface area contributed by atoms with Gasteiger partial charge in [-0.2, -0.15) is 0 Å². The smallest absolute Gasteiger partial charge is 0.306 e. The minimum Gasteiger partial charge on any atom is -0.545 e. The van der Waals surface area contributed by atoms with Gasteiger partial charge in [0.25, 0.3) is 0 Å². The summed E-state index contributed by atoms with van der Waals surface area (Å²) in [5.74, 6) is -2.34. The molecule has 0 aromatic carbocycles. The number of likely N-dealkylation sites (N-methyl/N-ethyl adjacent to an activating group) is 1. The molecule has 0 N–H and O–H groups in total. The van der Waals surface area contributed by atoms with Crippen molar-refractivity contribution in [1.82, 2.24) is 0 Å². The van der Waals surface area contributed by atoms with Crippen molar-refractivity contribution in [2.75, 3.05) is 47.5 Å². The molecule has 0 aliphatic heterocycles. The second-order valence-corrected chi connectivity index (χ2v) is 23.0. The first-order chi connectivity index (χ1) is 40.1. The van der Waals surface area contributed by atoms with Crippen LogP contribution in [0.25, 0.3) is 0 Å². The van der Waals surface area contributed by atoms with Gasteiger partial charge in [-0.3, -0.25) is 9.59 Å². The van der Waals surface area contributed by atoms with Crippen LogP contribution in [0.2, 0.25) is 0 Å². The summed E-state index contributed by atoms with van der Waals surface area (Å²) in [6.07, 6.45) is 85.6. The molecule has 82 heavy (non-hydrogen) atoms. The van der Waals surface area contributed by atoms with Crippen molar-refractivity contribution in [1.29, 1.82) is 0 Å². The third-order valence-electron chi connectivity index (χ3n) is 14.0. The third kappa shape index (κ3) is 63.3. The van der Waals surface area contributed by atoms with E-state index in [1.807, 2.05) is 21.1 Å². The van der Waals surface area contributed by atoms with E-state index in [1.54, 1.807) is 0 Å². The van der Waals surface area contributed by atoms with E-state index in [1.165, 1.54) is 135 Å². The number of carbonyl (C=O) groups is 3. The van der Waals surface area contributed by atoms with Crippen molar-refractivity contribution in [3.05, 3.63) is 122 Å². The standard InChI is InChI=1S/C73H123NO8/c1-6-8-10-12-14-16-18-20-22-24-26-28-30-32-33-34-35-36-37-38-39-40-42-44-46-48-50-52-54-56-58-60-62-64-71(76)82-69(68-81-73(72(77)78)79-66-65-74(3,4)5)67-80-70(75)63-61-59-57-55-53-51-49-47-45-43-41-31-29-27-25-23-21-19-17-15-13-11-9-7-2/h8,10,14,16,20,22,26,28,32-33,35-36,38-39,42,44,48,50,54,56,69,73H,6-7,9,11-13,15,17-19,21,23-25,27,29-31,34,37,40-41,43,45-47,49,51-53,55,57-68H2,1-5H3/b10-8-,16-14-,22-20-,28-26-,33-32-,36-35-,39-38-,44-42-,50-48-,56-54-. The molecule has 0 fully saturated rings. The fourth-order valence-electron chi connectivity index (χ4n) is 8.92. The molecule has 9 heteroatoms. The quantitative estimate of drug-likeness (QED) is 0.0195. The Morgan fingerprint density at radius 1 is 0.378 bits per heavy atom. The van der Waals surface area contributed by atoms with Gasteiger partial charge in [0.15, 0.2) is 12.4 Å². The summed E-state index contributed by atoms with van der Waals surface area (Å²) in [6, 6.07) is 0. The van der Waals surface area contributed by atoms with Gasteiger partial charge in [-0.15, -0.1) is 0 Å². The first kappa shape index (κ1) is 77.7. The Morgan fingerprint density at radius 2 is 0.695 bits per heavy atom. The normalized spacial score (nSPS) is 13.5. The molecule has 0 aromatic heterocycles. The molecule has 0 aliphatic carbocycles. The third-order valence-corrected chi connectivity index (χ3v) is 14.0. The van der Waals surface area contributed by atoms with Crippen LogP contribution in [0.5, 0.6) is 0 Å². The van der Waals surface area contributed by atoms with Gasteiger partial charge >= 0.3 is 11.9 Å². The van der Waals surface area contributed by atoms with Gasteiger partial charge in [0.05, 0.1) is 40.3 Å². The summed E-state index contributed by atoms with van der Waals surface area (Å²) in [5.41, 5.74) is 0. The number of nitrogens with zero attached hydrogens (tertiary/aromatic N) is 1. The fourth-order valence-corrected chi connectivity index (χ4v) is 8.92. The van der Waals surface area contributed by atoms with Crippen molar-refractivity contribution in [2.45, 2.75) is 277 Å². The molecule has 2 unspecified atom stereocenters. The molecule has 468 valence electrons. The molecule has 0 aromatic rings. The molecular formula is C73H123NO8. The van der Waals surface area contributed by atoms with Crippen molar-refractivity contribution < 1.29 is 42.9 Å². The number of esters is 2. The number of quaternary nitrogens is 1. The monoisotopic (exact) mass is 1140 g/mol. The van der Waals surface area contributed by atoms with E-state index in [2.05, 4.69) is 135 Å². The van der Waals surface area contributed by atoms with Crippen LogP contribution in [0.1, 0.15) is 264 Å². The minimum absolute atomic E-state index is 0.134. The van der Waals surface area contributed by atoms with Gasteiger partial charge in [-0.1, -0.05) is 283 Å². The van der Waals surface area contributed by atoms with Gasteiger partial charge in [-0.25, -0.2) is 0 Å². The van der Waals surface area contributed by atoms with Gasteiger partial charge in [0, 0.05) is 12.8 Å². The molecule has 0 spiro atoms. The predicted molar refractivity (Wildman–Crippen MR) is 347 cm³/mol. The van der Waals surface area contributed by atoms with E-state index >= 15 is 0 Å². The van der Waals surface area contributed by atoms with Gasteiger partial charge in [0.1, 0.15) is 13.2 Å². The molecule has 0 heterocycles. The molecule has 0 saturated carbocycles. The van der Waals surface area contributed by atoms with E-state index in [4.69, 9.17) is 18.9 Å². The van der Waals surface area contributed by atoms with Crippen molar-refractivity contribution >= 4 is 17.9 Å². The number of allylic oxidation sites excluding steroid dienone is 20. The first-order valence-corrected chi connectivity index (χ1v) is 33.2. The summed E-state index contributed by atoms with van der Waals surface area (Å²) >= 11 is 0. The number of unbranched alkanes of at least 4 members (excludes halogenated alkanes) is 25. The zero-order valence-corrected chi connectivity index (χ0v) is 53.3. The highest BCUT2D eigenvalue weighted by Gasteiger charge is 2.22. The van der Waals surface area contributed by atoms with Gasteiger partial charge in [0.2, 0.25) is 0 Å². The van der Waals surface area contributed by atoms with Crippen LogP contribution in [0.4, 0.5) is 0 Å². The maximum Gasteiger partial charge on any atom is 0.306 e. The Morgan fingerprint density at radius 3 is 1.04 bits per heavy atom. The number of carboxylic acids is 1. The van der Waals surface area contributed by atoms with Crippen molar-refractivity contribution in [2.24, 2.45) is 0 Å². The maximum atomic E-state index is 12.9. The zero-order chi connectivity index (χ0) is 59.8. The Labute approximate surface area is 504 Å². The molecule has 9 nitrogen and oxygen atoms in total. The summed E-state index contributed by atoms with van der Waals surface area (Å²) < 4.78 is 22.7. The summed E-state index contributed by atoms with van der Waals surface area (Å²) in [7, 11) is 5.91. The van der Waals surface area contributed by atoms with Gasteiger partial charge in [-0.05, 0) is 89.9 Å². The van der Waals surface area contributed by atoms with Crippen molar-refractivity contribution in [3.63, 3.8) is 0 Å². The van der Waals surface area contributed by atoms with Gasteiger partial charge < -0.3 is 33.3 Å². The first-order valence-electron chi connectivity index (χ1n) is 33.2. The number of hydrogen-bond donors (Lipinski definition) is 0. The molecule has 0 aliphatic rings. The second kappa shape index (κ2) is 62.7. The molecule has 0 saturated heterocycles. The van der Waals surface area contributed by atoms with Crippen LogP contribution in [-0.4, -0.2) is 82.3 Å². The lowest BCUT2D eigenvalue weighted by molar-refractivity contribution is -0.870. The van der Waals surface area contributed by atoms with E-state index in [0.29, 0.717) is 17.4 Å². The summed E-state index contributed by atoms with van der Waals surface area (Å²) in [6.45, 7) is 4.60. The van der Waals surface area contributed by atoms with E-state index in [-0.39, 0.29) is 38.6 Å². The lowest BCUT2D eigenvalue weighted by Gasteiger charge is -2.26. The molecule has 2 atom stereocenters. The number of hydrogen-bond acceptors (Lipinski definition) is 8. The fraction of sp³-hybridized carbons (Fsp3) is 0.685. The van der Waals surface area contributed by atoms with Crippen LogP contribution < -0.4 is 5.11 Å². The van der Waals surface area contributed by atoms with Crippen LogP contribution in [0.3, 0.4) is 0 Å². The Kier molecular flexibility index (Phi) is 59.4. The molecule has 0 bridgehead atoms. The average molecular weight is 1140 g/mol. The summed E-state index contributed by atoms with van der Waals surface area (Å²) in [4.78, 5) is 37.4. The van der Waals surface area contributed by atoms with Crippen LogP contribution in [0, 0.1) is 0 Å². The SMILES string of the molecule is CC/C=C\C/C=C\C/C=C\C/C=C\C/C=C\C/C=C\C/C=C\C/C=C\C/C=C\C/C=C\CCCCC(=O)OC(COC(=O)CCCCCCCCCCCCCCCCCCCCCCCCCC)COC(OCC[N+](C)(C)C)C(=O)[O-]. The number of rotatable bonds is 60. The van der Waals surface area contributed by atoms with E-state index in [0.717, 1.165) is 96.3 Å². The van der Waals surface area contributed by atoms with E-state index < -0.39 is 24.3 Å². The largest absolute Gasteiger partial charge is 0.545 e. The molecule has 0 radical (unpaired) electrons. The topological polar surface area (TPSA) is 111 Å². The van der Waals surface area contributed by atoms with Crippen molar-refractivity contribution in [3.8, 4) is 0 Å². The highest BCUT2D eigenvalue weighted by Crippen LogP contribution is 2.17. The average Bonchev–Trinajstić information content (AvgIpc) is 3.45. The second-order valence-electron chi connectivity index (χ2n) is 23.0. The lowest BCUT2D eigenvalue weighted by atomic mass is 10.0. The van der Waals surface area contributed by atoms with Crippen LogP contribution in [0.15, 0.2) is 122 Å². The maximum absolute atomic E-state index is 12.9. The Balaban J connectivity index is 4.29. The lowest BCUT2D eigenvalue weighted by Crippen LogP contribution is -2.44. The number of aliphatic carboxylic acids is 1. The predicted octanol–water partition coefficient (Wildman–Crippen LogP) is 19.1. The Bertz CT molecular complexity index is 1760. The highest BCUT2D eigenvalue weighted by atomic mass is 16.7. The molecular weight excluding hydrogens is 1020 g/mol. The number of carbonyl (C=O) groups excluding carboxylic acids is 3. The highest BCUT2D eigenvalue weighted by molar-refractivity contribution is 5.70. The summed E-state index contributed by atoms with van der Waals surface area (Å²) in [5, 5.41) is 11.8. The van der Waals surface area contributed by atoms with Crippen LogP contribution >= 0.6 is 0 Å².